The van der Waals surface area contributed by atoms with Gasteiger partial charge in [-0.15, -0.1) is 0 Å². The van der Waals surface area contributed by atoms with Crippen LogP contribution in [0.3, 0.4) is 0 Å². The normalized spacial score (nSPS) is 12.2. The molecule has 2 aromatic rings. The fraction of sp³-hybridized carbons (Fsp3) is 0.391. The summed E-state index contributed by atoms with van der Waals surface area (Å²) in [6.07, 6.45) is 1.08. The minimum atomic E-state index is -3.73. The zero-order chi connectivity index (χ0) is 23.3. The summed E-state index contributed by atoms with van der Waals surface area (Å²) < 4.78 is 26.3. The van der Waals surface area contributed by atoms with E-state index in [1.165, 1.54) is 11.9 Å². The molecule has 0 unspecified atom stereocenters. The lowest BCUT2D eigenvalue weighted by molar-refractivity contribution is -0.139. The summed E-state index contributed by atoms with van der Waals surface area (Å²) >= 11 is 0. The third kappa shape index (κ3) is 6.07. The van der Waals surface area contributed by atoms with Crippen molar-refractivity contribution in [3.8, 4) is 0 Å². The molecule has 0 spiro atoms. The SMILES string of the molecule is CNC(=O)[C@H](C)N(Cc1cccc(C)c1)C(=O)CN(c1cccc(C)c1C)S(C)(=O)=O. The predicted octanol–water partition coefficient (Wildman–Crippen LogP) is 2.54. The van der Waals surface area contributed by atoms with E-state index in [-0.39, 0.29) is 12.5 Å². The molecule has 0 aromatic heterocycles. The Morgan fingerprint density at radius 3 is 2.29 bits per heavy atom. The van der Waals surface area contributed by atoms with Crippen molar-refractivity contribution < 1.29 is 18.0 Å². The Morgan fingerprint density at radius 2 is 1.71 bits per heavy atom. The van der Waals surface area contributed by atoms with E-state index < -0.39 is 28.5 Å². The smallest absolute Gasteiger partial charge is 0.244 e. The molecule has 8 heteroatoms. The highest BCUT2D eigenvalue weighted by atomic mass is 32.2. The lowest BCUT2D eigenvalue weighted by Crippen LogP contribution is -2.50. The van der Waals surface area contributed by atoms with E-state index in [1.807, 2.05) is 51.1 Å². The summed E-state index contributed by atoms with van der Waals surface area (Å²) in [5.74, 6) is -0.775. The fourth-order valence-corrected chi connectivity index (χ4v) is 4.30. The lowest BCUT2D eigenvalue weighted by Gasteiger charge is -2.32. The third-order valence-electron chi connectivity index (χ3n) is 5.37. The Morgan fingerprint density at radius 1 is 1.06 bits per heavy atom. The van der Waals surface area contributed by atoms with Gasteiger partial charge in [0.1, 0.15) is 12.6 Å². The summed E-state index contributed by atoms with van der Waals surface area (Å²) in [5, 5.41) is 2.56. The van der Waals surface area contributed by atoms with E-state index in [0.717, 1.165) is 32.8 Å². The van der Waals surface area contributed by atoms with Crippen molar-refractivity contribution in [1.82, 2.24) is 10.2 Å². The number of rotatable bonds is 8. The van der Waals surface area contributed by atoms with Crippen molar-refractivity contribution in [1.29, 1.82) is 0 Å². The Labute approximate surface area is 185 Å². The summed E-state index contributed by atoms with van der Waals surface area (Å²) in [7, 11) is -2.22. The number of nitrogens with one attached hydrogen (secondary N) is 1. The third-order valence-corrected chi connectivity index (χ3v) is 6.50. The van der Waals surface area contributed by atoms with Crippen molar-refractivity contribution in [3.63, 3.8) is 0 Å². The molecule has 1 atom stereocenters. The number of amides is 2. The van der Waals surface area contributed by atoms with Crippen molar-refractivity contribution in [2.45, 2.75) is 40.3 Å². The van der Waals surface area contributed by atoms with Crippen LogP contribution in [0.5, 0.6) is 0 Å². The van der Waals surface area contributed by atoms with Crippen LogP contribution in [-0.2, 0) is 26.2 Å². The van der Waals surface area contributed by atoms with Gasteiger partial charge in [-0.1, -0.05) is 42.0 Å². The van der Waals surface area contributed by atoms with Gasteiger partial charge < -0.3 is 10.2 Å². The first-order chi connectivity index (χ1) is 14.5. The highest BCUT2D eigenvalue weighted by Gasteiger charge is 2.30. The summed E-state index contributed by atoms with van der Waals surface area (Å²) in [5.41, 5.74) is 4.06. The lowest BCUT2D eigenvalue weighted by atomic mass is 10.1. The fourth-order valence-electron chi connectivity index (χ4n) is 3.40. The van der Waals surface area contributed by atoms with E-state index in [9.17, 15) is 18.0 Å². The van der Waals surface area contributed by atoms with E-state index in [2.05, 4.69) is 5.32 Å². The van der Waals surface area contributed by atoms with Crippen LogP contribution >= 0.6 is 0 Å². The zero-order valence-corrected chi connectivity index (χ0v) is 19.8. The second-order valence-electron chi connectivity index (χ2n) is 7.79. The number of anilines is 1. The Kier molecular flexibility index (Phi) is 7.84. The van der Waals surface area contributed by atoms with Gasteiger partial charge in [0.25, 0.3) is 0 Å². The van der Waals surface area contributed by atoms with Gasteiger partial charge in [-0.25, -0.2) is 8.42 Å². The van der Waals surface area contributed by atoms with Crippen LogP contribution < -0.4 is 9.62 Å². The van der Waals surface area contributed by atoms with Crippen molar-refractivity contribution >= 4 is 27.5 Å². The maximum atomic E-state index is 13.4. The number of hydrogen-bond donors (Lipinski definition) is 1. The largest absolute Gasteiger partial charge is 0.357 e. The van der Waals surface area contributed by atoms with Crippen LogP contribution in [0, 0.1) is 20.8 Å². The standard InChI is InChI=1S/C23H31N3O4S/c1-16-9-7-11-20(13-16)14-25(19(4)23(28)24-5)22(27)15-26(31(6,29)30)21-12-8-10-17(2)18(21)3/h7-13,19H,14-15H2,1-6H3,(H,24,28)/t19-/m0/s1. The van der Waals surface area contributed by atoms with Crippen molar-refractivity contribution in [3.05, 3.63) is 64.7 Å². The first-order valence-corrected chi connectivity index (χ1v) is 11.9. The van der Waals surface area contributed by atoms with E-state index in [0.29, 0.717) is 5.69 Å². The van der Waals surface area contributed by atoms with Gasteiger partial charge in [-0.05, 0) is 50.5 Å². The molecule has 0 aliphatic heterocycles. The van der Waals surface area contributed by atoms with Gasteiger partial charge in [-0.3, -0.25) is 13.9 Å². The second kappa shape index (κ2) is 9.96. The van der Waals surface area contributed by atoms with Crippen LogP contribution in [0.2, 0.25) is 0 Å². The molecule has 0 radical (unpaired) electrons. The molecule has 2 amide bonds. The van der Waals surface area contributed by atoms with Gasteiger partial charge in [0.15, 0.2) is 0 Å². The molecule has 0 bridgehead atoms. The molecule has 0 saturated carbocycles. The molecule has 0 fully saturated rings. The number of benzene rings is 2. The maximum absolute atomic E-state index is 13.4. The Bertz CT molecular complexity index is 1070. The highest BCUT2D eigenvalue weighted by Crippen LogP contribution is 2.25. The molecule has 0 aliphatic rings. The molecular formula is C23H31N3O4S. The molecule has 31 heavy (non-hydrogen) atoms. The number of likely N-dealkylation sites (N-methyl/N-ethyl adjacent to an activating group) is 1. The number of carbonyl (C=O) groups is 2. The molecule has 7 nitrogen and oxygen atoms in total. The zero-order valence-electron chi connectivity index (χ0n) is 19.0. The van der Waals surface area contributed by atoms with Gasteiger partial charge in [0, 0.05) is 13.6 Å². The summed E-state index contributed by atoms with van der Waals surface area (Å²) in [4.78, 5) is 27.1. The molecule has 1 N–H and O–H groups in total. The quantitative estimate of drug-likeness (QED) is 0.677. The van der Waals surface area contributed by atoms with Crippen molar-refractivity contribution in [2.75, 3.05) is 24.2 Å². The number of sulfonamides is 1. The number of nitrogens with zero attached hydrogens (tertiary/aromatic N) is 2. The van der Waals surface area contributed by atoms with Gasteiger partial charge in [0.2, 0.25) is 21.8 Å². The topological polar surface area (TPSA) is 86.8 Å². The first-order valence-electron chi connectivity index (χ1n) is 10.1. The van der Waals surface area contributed by atoms with E-state index in [4.69, 9.17) is 0 Å². The average Bonchev–Trinajstić information content (AvgIpc) is 2.70. The van der Waals surface area contributed by atoms with Crippen LogP contribution in [0.15, 0.2) is 42.5 Å². The first kappa shape index (κ1) is 24.4. The van der Waals surface area contributed by atoms with E-state index in [1.54, 1.807) is 19.1 Å². The predicted molar refractivity (Wildman–Crippen MR) is 123 cm³/mol. The average molecular weight is 446 g/mol. The molecule has 2 rings (SSSR count). The minimum Gasteiger partial charge on any atom is -0.357 e. The Hall–Kier alpha value is -2.87. The Balaban J connectivity index is 2.43. The molecule has 2 aromatic carbocycles. The summed E-state index contributed by atoms with van der Waals surface area (Å²) in [6, 6.07) is 12.2. The summed E-state index contributed by atoms with van der Waals surface area (Å²) in [6.45, 7) is 7.10. The van der Waals surface area contributed by atoms with Gasteiger partial charge >= 0.3 is 0 Å². The van der Waals surface area contributed by atoms with Gasteiger partial charge in [-0.2, -0.15) is 0 Å². The number of carbonyl (C=O) groups excluding carboxylic acids is 2. The van der Waals surface area contributed by atoms with Crippen molar-refractivity contribution in [2.24, 2.45) is 0 Å². The van der Waals surface area contributed by atoms with Crippen LogP contribution in [0.25, 0.3) is 0 Å². The molecule has 0 aliphatic carbocycles. The van der Waals surface area contributed by atoms with Crippen LogP contribution in [0.1, 0.15) is 29.2 Å². The minimum absolute atomic E-state index is 0.194. The molecule has 0 saturated heterocycles. The van der Waals surface area contributed by atoms with E-state index >= 15 is 0 Å². The monoisotopic (exact) mass is 445 g/mol. The van der Waals surface area contributed by atoms with Crippen LogP contribution in [-0.4, -0.2) is 51.0 Å². The molecular weight excluding hydrogens is 414 g/mol. The second-order valence-corrected chi connectivity index (χ2v) is 9.70. The molecule has 168 valence electrons. The highest BCUT2D eigenvalue weighted by molar-refractivity contribution is 7.92. The van der Waals surface area contributed by atoms with Crippen LogP contribution in [0.4, 0.5) is 5.69 Å². The van der Waals surface area contributed by atoms with Gasteiger partial charge in [0.05, 0.1) is 11.9 Å². The molecule has 0 heterocycles. The number of hydrogen-bond acceptors (Lipinski definition) is 4. The maximum Gasteiger partial charge on any atom is 0.244 e. The number of aryl methyl sites for hydroxylation is 2.